The number of halogens is 1. The van der Waals surface area contributed by atoms with E-state index in [-0.39, 0.29) is 17.6 Å². The number of benzene rings is 3. The Morgan fingerprint density at radius 2 is 1.79 bits per heavy atom. The molecule has 34 heavy (non-hydrogen) atoms. The molecule has 1 saturated heterocycles. The molecule has 1 fully saturated rings. The van der Waals surface area contributed by atoms with E-state index in [1.807, 2.05) is 54.6 Å². The number of hydrogen-bond acceptors (Lipinski definition) is 5. The summed E-state index contributed by atoms with van der Waals surface area (Å²) in [4.78, 5) is 17.9. The third-order valence-electron chi connectivity index (χ3n) is 6.20. The molecule has 1 aliphatic heterocycles. The van der Waals surface area contributed by atoms with Gasteiger partial charge in [0, 0.05) is 29.8 Å². The van der Waals surface area contributed by atoms with Gasteiger partial charge in [0.05, 0.1) is 5.92 Å². The first kappa shape index (κ1) is 22.0. The summed E-state index contributed by atoms with van der Waals surface area (Å²) in [6.07, 6.45) is 1.64. The molecule has 3 aromatic carbocycles. The fourth-order valence-corrected chi connectivity index (χ4v) is 4.38. The number of aromatic nitrogens is 2. The highest BCUT2D eigenvalue weighted by Crippen LogP contribution is 2.28. The number of carboxylic acids is 1. The maximum Gasteiger partial charge on any atom is 0.307 e. The van der Waals surface area contributed by atoms with Gasteiger partial charge >= 0.3 is 5.97 Å². The average molecular weight is 458 g/mol. The number of piperidine rings is 1. The van der Waals surface area contributed by atoms with Gasteiger partial charge in [-0.3, -0.25) is 9.69 Å². The van der Waals surface area contributed by atoms with Crippen LogP contribution in [0.5, 0.6) is 0 Å². The number of likely N-dealkylation sites (tertiary alicyclic amines) is 1. The number of nitrogens with zero attached hydrogens (tertiary/aromatic N) is 3. The molecule has 1 aromatic heterocycles. The van der Waals surface area contributed by atoms with Gasteiger partial charge < -0.3 is 9.63 Å². The molecule has 1 aliphatic rings. The third-order valence-corrected chi connectivity index (χ3v) is 6.20. The van der Waals surface area contributed by atoms with Crippen molar-refractivity contribution in [2.45, 2.75) is 19.4 Å². The zero-order valence-electron chi connectivity index (χ0n) is 18.5. The first-order valence-electron chi connectivity index (χ1n) is 11.3. The minimum atomic E-state index is -0.720. The van der Waals surface area contributed by atoms with Crippen molar-refractivity contribution in [3.05, 3.63) is 84.2 Å². The summed E-state index contributed by atoms with van der Waals surface area (Å²) in [6, 6.07) is 22.1. The van der Waals surface area contributed by atoms with E-state index in [4.69, 9.17) is 4.52 Å². The summed E-state index contributed by atoms with van der Waals surface area (Å²) in [5, 5.41) is 13.3. The minimum Gasteiger partial charge on any atom is -0.481 e. The Labute approximate surface area is 196 Å². The van der Waals surface area contributed by atoms with Crippen molar-refractivity contribution in [2.75, 3.05) is 13.1 Å². The number of carbonyl (C=O) groups is 1. The first-order valence-corrected chi connectivity index (χ1v) is 11.3. The fraction of sp³-hybridized carbons (Fsp3) is 0.222. The van der Waals surface area contributed by atoms with Gasteiger partial charge in [-0.2, -0.15) is 4.98 Å². The molecule has 1 N–H and O–H groups in total. The summed E-state index contributed by atoms with van der Waals surface area (Å²) in [5.41, 5.74) is 3.73. The van der Waals surface area contributed by atoms with Crippen molar-refractivity contribution >= 4 is 5.97 Å². The summed E-state index contributed by atoms with van der Waals surface area (Å²) in [7, 11) is 0. The van der Waals surface area contributed by atoms with Crippen LogP contribution in [0, 0.1) is 11.7 Å². The van der Waals surface area contributed by atoms with Crippen LogP contribution in [0.1, 0.15) is 18.4 Å². The third kappa shape index (κ3) is 4.75. The highest BCUT2D eigenvalue weighted by molar-refractivity contribution is 5.70. The molecule has 2 heterocycles. The van der Waals surface area contributed by atoms with Crippen LogP contribution in [0.2, 0.25) is 0 Å². The highest BCUT2D eigenvalue weighted by atomic mass is 19.1. The van der Waals surface area contributed by atoms with Crippen molar-refractivity contribution < 1.29 is 18.8 Å². The summed E-state index contributed by atoms with van der Waals surface area (Å²) >= 11 is 0. The highest BCUT2D eigenvalue weighted by Gasteiger charge is 2.25. The number of aliphatic carboxylic acids is 1. The van der Waals surface area contributed by atoms with Gasteiger partial charge in [-0.1, -0.05) is 65.8 Å². The van der Waals surface area contributed by atoms with E-state index >= 15 is 0 Å². The van der Waals surface area contributed by atoms with E-state index in [0.717, 1.165) is 36.1 Å². The van der Waals surface area contributed by atoms with Crippen LogP contribution in [0.3, 0.4) is 0 Å². The van der Waals surface area contributed by atoms with Crippen molar-refractivity contribution in [3.63, 3.8) is 0 Å². The zero-order valence-corrected chi connectivity index (χ0v) is 18.5. The van der Waals surface area contributed by atoms with Gasteiger partial charge in [0.1, 0.15) is 5.82 Å². The molecular weight excluding hydrogens is 433 g/mol. The van der Waals surface area contributed by atoms with E-state index in [1.54, 1.807) is 12.1 Å². The quantitative estimate of drug-likeness (QED) is 0.412. The summed E-state index contributed by atoms with van der Waals surface area (Å²) in [6.45, 7) is 2.18. The fourth-order valence-electron chi connectivity index (χ4n) is 4.38. The maximum atomic E-state index is 14.7. The van der Waals surface area contributed by atoms with Gasteiger partial charge in [0.15, 0.2) is 0 Å². The van der Waals surface area contributed by atoms with Crippen LogP contribution in [0.4, 0.5) is 4.39 Å². The molecule has 1 atom stereocenters. The Kier molecular flexibility index (Phi) is 6.18. The first-order chi connectivity index (χ1) is 16.6. The molecule has 172 valence electrons. The average Bonchev–Trinajstić information content (AvgIpc) is 3.35. The predicted molar refractivity (Wildman–Crippen MR) is 126 cm³/mol. The monoisotopic (exact) mass is 457 g/mol. The second kappa shape index (κ2) is 9.57. The van der Waals surface area contributed by atoms with Gasteiger partial charge in [-0.05, 0) is 42.6 Å². The number of carboxylic acid groups (broad SMARTS) is 1. The molecule has 6 nitrogen and oxygen atoms in total. The maximum absolute atomic E-state index is 14.7. The Hall–Kier alpha value is -3.84. The lowest BCUT2D eigenvalue weighted by Gasteiger charge is -2.30. The van der Waals surface area contributed by atoms with Crippen molar-refractivity contribution in [1.29, 1.82) is 0 Å². The van der Waals surface area contributed by atoms with E-state index in [1.165, 1.54) is 6.07 Å². The van der Waals surface area contributed by atoms with Crippen LogP contribution < -0.4 is 0 Å². The molecular formula is C27H24FN3O3. The van der Waals surface area contributed by atoms with E-state index in [9.17, 15) is 14.3 Å². The molecule has 0 saturated carbocycles. The number of rotatable bonds is 6. The van der Waals surface area contributed by atoms with E-state index in [2.05, 4.69) is 15.0 Å². The lowest BCUT2D eigenvalue weighted by Crippen LogP contribution is -2.38. The second-order valence-electron chi connectivity index (χ2n) is 8.59. The molecule has 0 aliphatic carbocycles. The number of hydrogen-bond donors (Lipinski definition) is 1. The van der Waals surface area contributed by atoms with E-state index in [0.29, 0.717) is 30.0 Å². The minimum absolute atomic E-state index is 0.255. The predicted octanol–water partition coefficient (Wildman–Crippen LogP) is 5.51. The molecule has 0 radical (unpaired) electrons. The molecule has 4 aromatic rings. The Balaban J connectivity index is 1.28. The van der Waals surface area contributed by atoms with Gasteiger partial charge in [-0.15, -0.1) is 0 Å². The molecule has 0 bridgehead atoms. The van der Waals surface area contributed by atoms with Crippen LogP contribution in [0.15, 0.2) is 77.3 Å². The largest absolute Gasteiger partial charge is 0.481 e. The van der Waals surface area contributed by atoms with Crippen LogP contribution in [0.25, 0.3) is 34.0 Å². The Bertz CT molecular complexity index is 1290. The van der Waals surface area contributed by atoms with Crippen LogP contribution in [-0.4, -0.2) is 39.2 Å². The Morgan fingerprint density at radius 1 is 1.03 bits per heavy atom. The van der Waals surface area contributed by atoms with Crippen molar-refractivity contribution in [2.24, 2.45) is 5.92 Å². The Morgan fingerprint density at radius 3 is 2.53 bits per heavy atom. The SMILES string of the molecule is O=C(O)C1CCCN(Cc2ccc(-c3noc(-c4ccc(-c5ccccc5)c(F)c4)n3)cc2)C1. The summed E-state index contributed by atoms with van der Waals surface area (Å²) < 4.78 is 20.1. The molecule has 1 unspecified atom stereocenters. The smallest absolute Gasteiger partial charge is 0.307 e. The molecule has 0 spiro atoms. The lowest BCUT2D eigenvalue weighted by atomic mass is 9.98. The summed E-state index contributed by atoms with van der Waals surface area (Å²) in [5.74, 6) is -0.681. The van der Waals surface area contributed by atoms with E-state index < -0.39 is 5.97 Å². The topological polar surface area (TPSA) is 79.5 Å². The zero-order chi connectivity index (χ0) is 23.5. The molecule has 0 amide bonds. The van der Waals surface area contributed by atoms with Gasteiger partial charge in [-0.25, -0.2) is 4.39 Å². The molecule has 5 rings (SSSR count). The lowest BCUT2D eigenvalue weighted by molar-refractivity contribution is -0.143. The van der Waals surface area contributed by atoms with Gasteiger partial charge in [0.25, 0.3) is 5.89 Å². The van der Waals surface area contributed by atoms with Crippen LogP contribution >= 0.6 is 0 Å². The van der Waals surface area contributed by atoms with Gasteiger partial charge in [0.2, 0.25) is 5.82 Å². The molecule has 7 heteroatoms. The standard InChI is InChI=1S/C27H24FN3O3/c28-24-15-21(12-13-23(24)19-5-2-1-3-6-19)26-29-25(30-34-26)20-10-8-18(9-11-20)16-31-14-4-7-22(17-31)27(32)33/h1-3,5-6,8-13,15,22H,4,7,14,16-17H2,(H,32,33). The normalized spacial score (nSPS) is 16.4. The van der Waals surface area contributed by atoms with Crippen LogP contribution in [-0.2, 0) is 11.3 Å². The van der Waals surface area contributed by atoms with Crippen molar-refractivity contribution in [3.8, 4) is 34.0 Å². The van der Waals surface area contributed by atoms with Crippen molar-refractivity contribution in [1.82, 2.24) is 15.0 Å². The second-order valence-corrected chi connectivity index (χ2v) is 8.59.